The molecule has 0 aliphatic heterocycles. The van der Waals surface area contributed by atoms with Crippen LogP contribution in [0.15, 0.2) is 54.6 Å². The predicted octanol–water partition coefficient (Wildman–Crippen LogP) is 3.21. The number of carbonyl (C=O) groups excluding carboxylic acids is 2. The van der Waals surface area contributed by atoms with Gasteiger partial charge in [0.2, 0.25) is 0 Å². The zero-order valence-corrected chi connectivity index (χ0v) is 12.1. The molecule has 0 bridgehead atoms. The summed E-state index contributed by atoms with van der Waals surface area (Å²) in [5.74, 6) is -1.75. The maximum atomic E-state index is 12.4. The molecule has 0 aliphatic rings. The molecule has 4 nitrogen and oxygen atoms in total. The number of rotatable bonds is 3. The Bertz CT molecular complexity index is 715. The van der Waals surface area contributed by atoms with Gasteiger partial charge in [0.25, 0.3) is 11.8 Å². The number of anilines is 1. The summed E-state index contributed by atoms with van der Waals surface area (Å²) in [6, 6.07) is 13.8. The Balaban J connectivity index is 2.33. The van der Waals surface area contributed by atoms with E-state index in [-0.39, 0.29) is 11.3 Å². The average molecular weight is 322 g/mol. The predicted molar refractivity (Wildman–Crippen MR) is 79.1 cm³/mol. The van der Waals surface area contributed by atoms with Gasteiger partial charge in [-0.1, -0.05) is 30.3 Å². The lowest BCUT2D eigenvalue weighted by Gasteiger charge is -2.21. The SMILES string of the molecule is CN(C(=O)c1ccccc1)c1ccccc1C(=O)NC(F)(F)F. The van der Waals surface area contributed by atoms with Crippen LogP contribution < -0.4 is 10.2 Å². The van der Waals surface area contributed by atoms with E-state index in [0.29, 0.717) is 5.56 Å². The Hall–Kier alpha value is -2.83. The third kappa shape index (κ3) is 4.09. The van der Waals surface area contributed by atoms with E-state index in [0.717, 1.165) is 10.2 Å². The van der Waals surface area contributed by atoms with Crippen LogP contribution in [0.3, 0.4) is 0 Å². The van der Waals surface area contributed by atoms with Crippen molar-refractivity contribution in [2.24, 2.45) is 0 Å². The smallest absolute Gasteiger partial charge is 0.311 e. The van der Waals surface area contributed by atoms with E-state index in [1.807, 2.05) is 0 Å². The van der Waals surface area contributed by atoms with E-state index in [9.17, 15) is 22.8 Å². The third-order valence-corrected chi connectivity index (χ3v) is 3.09. The highest BCUT2D eigenvalue weighted by atomic mass is 19.4. The lowest BCUT2D eigenvalue weighted by atomic mass is 10.1. The quantitative estimate of drug-likeness (QED) is 0.882. The Kier molecular flexibility index (Phi) is 4.68. The zero-order valence-electron chi connectivity index (χ0n) is 12.1. The maximum Gasteiger partial charge on any atom is 0.484 e. The number of carbonyl (C=O) groups is 2. The van der Waals surface area contributed by atoms with Crippen molar-refractivity contribution < 1.29 is 22.8 Å². The van der Waals surface area contributed by atoms with Gasteiger partial charge in [-0.3, -0.25) is 14.9 Å². The lowest BCUT2D eigenvalue weighted by Crippen LogP contribution is -2.38. The summed E-state index contributed by atoms with van der Waals surface area (Å²) in [5.41, 5.74) is 0.209. The molecule has 0 aliphatic carbocycles. The number of nitrogens with zero attached hydrogens (tertiary/aromatic N) is 1. The van der Waals surface area contributed by atoms with Crippen molar-refractivity contribution in [1.82, 2.24) is 5.32 Å². The van der Waals surface area contributed by atoms with Crippen LogP contribution in [0, 0.1) is 0 Å². The average Bonchev–Trinajstić information content (AvgIpc) is 2.52. The Labute approximate surface area is 130 Å². The summed E-state index contributed by atoms with van der Waals surface area (Å²) in [5, 5.41) is 0.932. The Morgan fingerprint density at radius 2 is 1.52 bits per heavy atom. The van der Waals surface area contributed by atoms with Crippen molar-refractivity contribution >= 4 is 17.5 Å². The highest BCUT2D eigenvalue weighted by Crippen LogP contribution is 2.22. The van der Waals surface area contributed by atoms with Gasteiger partial charge in [0.15, 0.2) is 0 Å². The van der Waals surface area contributed by atoms with Crippen molar-refractivity contribution in [3.05, 3.63) is 65.7 Å². The summed E-state index contributed by atoms with van der Waals surface area (Å²) in [6.45, 7) is 0. The van der Waals surface area contributed by atoms with Crippen LogP contribution in [0.1, 0.15) is 20.7 Å². The zero-order chi connectivity index (χ0) is 17.0. The van der Waals surface area contributed by atoms with E-state index in [1.54, 1.807) is 30.3 Å². The number of para-hydroxylation sites is 1. The normalized spacial score (nSPS) is 11.0. The number of amides is 2. The first-order valence-corrected chi connectivity index (χ1v) is 6.61. The van der Waals surface area contributed by atoms with Crippen molar-refractivity contribution in [2.45, 2.75) is 6.30 Å². The highest BCUT2D eigenvalue weighted by molar-refractivity contribution is 6.10. The largest absolute Gasteiger partial charge is 0.484 e. The summed E-state index contributed by atoms with van der Waals surface area (Å²) < 4.78 is 37.0. The van der Waals surface area contributed by atoms with Gasteiger partial charge in [-0.15, -0.1) is 0 Å². The first-order chi connectivity index (χ1) is 10.8. The fourth-order valence-corrected chi connectivity index (χ4v) is 2.04. The van der Waals surface area contributed by atoms with E-state index in [4.69, 9.17) is 0 Å². The van der Waals surface area contributed by atoms with Crippen LogP contribution in [0.25, 0.3) is 0 Å². The molecule has 2 aromatic carbocycles. The van der Waals surface area contributed by atoms with Crippen LogP contribution in [-0.2, 0) is 0 Å². The number of benzene rings is 2. The molecule has 0 fully saturated rings. The lowest BCUT2D eigenvalue weighted by molar-refractivity contribution is -0.146. The molecular weight excluding hydrogens is 309 g/mol. The number of hydrogen-bond acceptors (Lipinski definition) is 2. The highest BCUT2D eigenvalue weighted by Gasteiger charge is 2.32. The van der Waals surface area contributed by atoms with E-state index in [2.05, 4.69) is 0 Å². The second-order valence-corrected chi connectivity index (χ2v) is 4.70. The molecule has 120 valence electrons. The second-order valence-electron chi connectivity index (χ2n) is 4.70. The molecule has 0 saturated heterocycles. The molecule has 0 heterocycles. The van der Waals surface area contributed by atoms with Crippen LogP contribution in [0.4, 0.5) is 18.9 Å². The van der Waals surface area contributed by atoms with Crippen LogP contribution in [0.5, 0.6) is 0 Å². The van der Waals surface area contributed by atoms with Gasteiger partial charge in [-0.25, -0.2) is 0 Å². The first-order valence-electron chi connectivity index (χ1n) is 6.61. The van der Waals surface area contributed by atoms with Gasteiger partial charge in [0.1, 0.15) is 0 Å². The molecule has 2 amide bonds. The van der Waals surface area contributed by atoms with Gasteiger partial charge < -0.3 is 4.90 Å². The molecule has 1 N–H and O–H groups in total. The minimum Gasteiger partial charge on any atom is -0.311 e. The summed E-state index contributed by atoms with van der Waals surface area (Å²) in [7, 11) is 1.40. The van der Waals surface area contributed by atoms with Gasteiger partial charge in [-0.2, -0.15) is 13.2 Å². The van der Waals surface area contributed by atoms with Gasteiger partial charge >= 0.3 is 6.30 Å². The molecule has 0 radical (unpaired) electrons. The van der Waals surface area contributed by atoms with Crippen molar-refractivity contribution in [1.29, 1.82) is 0 Å². The fraction of sp³-hybridized carbons (Fsp3) is 0.125. The topological polar surface area (TPSA) is 49.4 Å². The van der Waals surface area contributed by atoms with Crippen LogP contribution in [-0.4, -0.2) is 25.2 Å². The summed E-state index contributed by atoms with van der Waals surface area (Å²) in [6.07, 6.45) is -4.84. The first kappa shape index (κ1) is 16.5. The fourth-order valence-electron chi connectivity index (χ4n) is 2.04. The molecule has 0 saturated carbocycles. The van der Waals surface area contributed by atoms with Gasteiger partial charge in [-0.05, 0) is 24.3 Å². The van der Waals surface area contributed by atoms with E-state index < -0.39 is 18.1 Å². The second kappa shape index (κ2) is 6.51. The molecule has 7 heteroatoms. The molecule has 0 aromatic heterocycles. The number of halogens is 3. The molecular formula is C16H13F3N2O2. The molecule has 2 aromatic rings. The molecule has 0 atom stereocenters. The van der Waals surface area contributed by atoms with E-state index in [1.165, 1.54) is 31.3 Å². The third-order valence-electron chi connectivity index (χ3n) is 3.09. The number of hydrogen-bond donors (Lipinski definition) is 1. The minimum absolute atomic E-state index is 0.0862. The van der Waals surface area contributed by atoms with Gasteiger partial charge in [0, 0.05) is 12.6 Å². The van der Waals surface area contributed by atoms with Crippen molar-refractivity contribution in [3.8, 4) is 0 Å². The summed E-state index contributed by atoms with van der Waals surface area (Å²) in [4.78, 5) is 25.3. The van der Waals surface area contributed by atoms with Crippen LogP contribution in [0.2, 0.25) is 0 Å². The monoisotopic (exact) mass is 322 g/mol. The molecule has 23 heavy (non-hydrogen) atoms. The minimum atomic E-state index is -4.84. The van der Waals surface area contributed by atoms with Crippen molar-refractivity contribution in [2.75, 3.05) is 11.9 Å². The Morgan fingerprint density at radius 1 is 0.957 bits per heavy atom. The van der Waals surface area contributed by atoms with Crippen molar-refractivity contribution in [3.63, 3.8) is 0 Å². The van der Waals surface area contributed by atoms with Gasteiger partial charge in [0.05, 0.1) is 11.3 Å². The standard InChI is InChI=1S/C16H13F3N2O2/c1-21(15(23)11-7-3-2-4-8-11)13-10-6-5-9-12(13)14(22)20-16(17,18)19/h2-10H,1H3,(H,20,22). The summed E-state index contributed by atoms with van der Waals surface area (Å²) >= 11 is 0. The Morgan fingerprint density at radius 3 is 2.13 bits per heavy atom. The maximum absolute atomic E-state index is 12.4. The number of alkyl halides is 3. The molecule has 0 spiro atoms. The number of nitrogens with one attached hydrogen (secondary N) is 1. The van der Waals surface area contributed by atoms with E-state index >= 15 is 0 Å². The van der Waals surface area contributed by atoms with Crippen LogP contribution >= 0.6 is 0 Å². The molecule has 2 rings (SSSR count). The molecule has 0 unspecified atom stereocenters.